The van der Waals surface area contributed by atoms with E-state index in [-0.39, 0.29) is 11.9 Å². The molecule has 0 spiro atoms. The maximum Gasteiger partial charge on any atom is 0.141 e. The zero-order valence-corrected chi connectivity index (χ0v) is 7.59. The third-order valence-corrected chi connectivity index (χ3v) is 1.99. The van der Waals surface area contributed by atoms with E-state index in [0.717, 1.165) is 6.42 Å². The highest BCUT2D eigenvalue weighted by molar-refractivity contribution is 5.79. The van der Waals surface area contributed by atoms with Gasteiger partial charge in [-0.05, 0) is 6.42 Å². The number of nitrogens with two attached hydrogens (primary N) is 1. The van der Waals surface area contributed by atoms with Crippen LogP contribution < -0.4 is 5.73 Å². The van der Waals surface area contributed by atoms with Gasteiger partial charge in [0.1, 0.15) is 5.84 Å². The fourth-order valence-corrected chi connectivity index (χ4v) is 1.23. The van der Waals surface area contributed by atoms with Crippen molar-refractivity contribution in [2.24, 2.45) is 10.9 Å². The summed E-state index contributed by atoms with van der Waals surface area (Å²) in [6, 6.07) is 0.221. The molecule has 0 saturated carbocycles. The average molecular weight is 182 g/mol. The zero-order chi connectivity index (χ0) is 9.68. The molecule has 1 atom stereocenters. The van der Waals surface area contributed by atoms with Gasteiger partial charge in [-0.25, -0.2) is 4.98 Å². The highest BCUT2D eigenvalue weighted by atomic mass is 16.4. The lowest BCUT2D eigenvalue weighted by Crippen LogP contribution is -2.18. The van der Waals surface area contributed by atoms with E-state index in [1.807, 2.05) is 10.8 Å². The van der Waals surface area contributed by atoms with E-state index in [0.29, 0.717) is 6.42 Å². The number of imidazole rings is 1. The molecule has 0 bridgehead atoms. The summed E-state index contributed by atoms with van der Waals surface area (Å²) in [7, 11) is 0. The summed E-state index contributed by atoms with van der Waals surface area (Å²) in [5.74, 6) is 0.251. The molecule has 13 heavy (non-hydrogen) atoms. The minimum absolute atomic E-state index is 0.221. The molecule has 0 aliphatic rings. The molecule has 0 amide bonds. The Morgan fingerprint density at radius 3 is 3.00 bits per heavy atom. The Bertz CT molecular complexity index is 268. The van der Waals surface area contributed by atoms with Crippen LogP contribution in [0.2, 0.25) is 0 Å². The molecule has 0 aromatic carbocycles. The van der Waals surface area contributed by atoms with Gasteiger partial charge in [-0.3, -0.25) is 0 Å². The van der Waals surface area contributed by atoms with Gasteiger partial charge in [0.05, 0.1) is 6.33 Å². The Morgan fingerprint density at radius 2 is 2.54 bits per heavy atom. The molecule has 1 aromatic rings. The van der Waals surface area contributed by atoms with Crippen LogP contribution in [-0.4, -0.2) is 20.6 Å². The number of rotatable bonds is 4. The number of hydrogen-bond acceptors (Lipinski definition) is 3. The highest BCUT2D eigenvalue weighted by Gasteiger charge is 2.09. The van der Waals surface area contributed by atoms with Crippen LogP contribution >= 0.6 is 0 Å². The van der Waals surface area contributed by atoms with Crippen molar-refractivity contribution in [2.45, 2.75) is 25.8 Å². The minimum Gasteiger partial charge on any atom is -0.409 e. The van der Waals surface area contributed by atoms with Crippen LogP contribution in [0.1, 0.15) is 25.8 Å². The molecule has 1 aromatic heterocycles. The average Bonchev–Trinajstić information content (AvgIpc) is 2.66. The number of hydrogen-bond donors (Lipinski definition) is 2. The van der Waals surface area contributed by atoms with Crippen LogP contribution in [0, 0.1) is 0 Å². The van der Waals surface area contributed by atoms with Crippen molar-refractivity contribution in [1.82, 2.24) is 9.55 Å². The summed E-state index contributed by atoms with van der Waals surface area (Å²) < 4.78 is 1.96. The lowest BCUT2D eigenvalue weighted by atomic mass is 10.1. The molecule has 1 heterocycles. The summed E-state index contributed by atoms with van der Waals surface area (Å²) in [4.78, 5) is 3.94. The molecule has 0 saturated heterocycles. The van der Waals surface area contributed by atoms with Crippen molar-refractivity contribution in [2.75, 3.05) is 0 Å². The van der Waals surface area contributed by atoms with Crippen molar-refractivity contribution < 1.29 is 5.21 Å². The third-order valence-electron chi connectivity index (χ3n) is 1.99. The van der Waals surface area contributed by atoms with Gasteiger partial charge in [0.2, 0.25) is 0 Å². The highest BCUT2D eigenvalue weighted by Crippen LogP contribution is 2.14. The van der Waals surface area contributed by atoms with Crippen molar-refractivity contribution in [3.63, 3.8) is 0 Å². The van der Waals surface area contributed by atoms with Crippen molar-refractivity contribution in [1.29, 1.82) is 0 Å². The van der Waals surface area contributed by atoms with Crippen LogP contribution in [0.4, 0.5) is 0 Å². The Hall–Kier alpha value is -1.52. The first-order chi connectivity index (χ1) is 6.27. The summed E-state index contributed by atoms with van der Waals surface area (Å²) in [5.41, 5.74) is 5.42. The number of amidine groups is 1. The number of nitrogens with zero attached hydrogens (tertiary/aromatic N) is 3. The monoisotopic (exact) mass is 182 g/mol. The number of aromatic nitrogens is 2. The first kappa shape index (κ1) is 9.57. The Kier molecular flexibility index (Phi) is 3.31. The molecule has 0 fully saturated rings. The smallest absolute Gasteiger partial charge is 0.141 e. The van der Waals surface area contributed by atoms with Gasteiger partial charge in [0, 0.05) is 24.9 Å². The van der Waals surface area contributed by atoms with Gasteiger partial charge in [-0.1, -0.05) is 12.1 Å². The standard InChI is InChI=1S/C8H14N4O/c1-2-7(5-8(9)11-13)12-4-3-10-6-12/h3-4,6-7,13H,2,5H2,1H3,(H2,9,11). The second-order valence-corrected chi connectivity index (χ2v) is 2.87. The van der Waals surface area contributed by atoms with Crippen molar-refractivity contribution in [3.05, 3.63) is 18.7 Å². The molecule has 1 unspecified atom stereocenters. The van der Waals surface area contributed by atoms with E-state index in [1.165, 1.54) is 0 Å². The van der Waals surface area contributed by atoms with E-state index >= 15 is 0 Å². The quantitative estimate of drug-likeness (QED) is 0.315. The Morgan fingerprint density at radius 1 is 1.77 bits per heavy atom. The summed E-state index contributed by atoms with van der Waals surface area (Å²) in [6.07, 6.45) is 6.79. The predicted molar refractivity (Wildman–Crippen MR) is 49.6 cm³/mol. The number of oxime groups is 1. The molecule has 5 heteroatoms. The zero-order valence-electron chi connectivity index (χ0n) is 7.59. The lowest BCUT2D eigenvalue weighted by molar-refractivity contribution is 0.315. The van der Waals surface area contributed by atoms with Gasteiger partial charge >= 0.3 is 0 Å². The molecule has 0 aliphatic carbocycles. The second-order valence-electron chi connectivity index (χ2n) is 2.87. The van der Waals surface area contributed by atoms with Gasteiger partial charge in [0.15, 0.2) is 0 Å². The van der Waals surface area contributed by atoms with Crippen molar-refractivity contribution in [3.8, 4) is 0 Å². The van der Waals surface area contributed by atoms with Crippen LogP contribution in [0.15, 0.2) is 23.9 Å². The van der Waals surface area contributed by atoms with Crippen LogP contribution in [-0.2, 0) is 0 Å². The molecule has 1 rings (SSSR count). The Balaban J connectivity index is 2.64. The fraction of sp³-hybridized carbons (Fsp3) is 0.500. The molecule has 3 N–H and O–H groups in total. The lowest BCUT2D eigenvalue weighted by Gasteiger charge is -2.14. The topological polar surface area (TPSA) is 76.4 Å². The molecular formula is C8H14N4O. The van der Waals surface area contributed by atoms with Crippen molar-refractivity contribution >= 4 is 5.84 Å². The van der Waals surface area contributed by atoms with E-state index in [4.69, 9.17) is 10.9 Å². The second kappa shape index (κ2) is 4.49. The summed E-state index contributed by atoms with van der Waals surface area (Å²) in [6.45, 7) is 2.05. The first-order valence-corrected chi connectivity index (χ1v) is 4.21. The molecular weight excluding hydrogens is 168 g/mol. The maximum atomic E-state index is 8.41. The van der Waals surface area contributed by atoms with E-state index in [9.17, 15) is 0 Å². The molecule has 0 aliphatic heterocycles. The van der Waals surface area contributed by atoms with Crippen LogP contribution in [0.25, 0.3) is 0 Å². The summed E-state index contributed by atoms with van der Waals surface area (Å²) >= 11 is 0. The molecule has 72 valence electrons. The van der Waals surface area contributed by atoms with Crippen LogP contribution in [0.3, 0.4) is 0 Å². The Labute approximate surface area is 76.9 Å². The van der Waals surface area contributed by atoms with Gasteiger partial charge < -0.3 is 15.5 Å². The van der Waals surface area contributed by atoms with Gasteiger partial charge in [-0.2, -0.15) is 0 Å². The van der Waals surface area contributed by atoms with E-state index in [2.05, 4.69) is 17.1 Å². The summed E-state index contributed by atoms with van der Waals surface area (Å²) in [5, 5.41) is 11.4. The van der Waals surface area contributed by atoms with Gasteiger partial charge in [0.25, 0.3) is 0 Å². The maximum absolute atomic E-state index is 8.41. The van der Waals surface area contributed by atoms with E-state index < -0.39 is 0 Å². The molecule has 0 radical (unpaired) electrons. The van der Waals surface area contributed by atoms with Gasteiger partial charge in [-0.15, -0.1) is 0 Å². The minimum atomic E-state index is 0.221. The SMILES string of the molecule is CCC(C/C(N)=N/O)n1ccnc1. The largest absolute Gasteiger partial charge is 0.409 e. The third kappa shape index (κ3) is 2.47. The van der Waals surface area contributed by atoms with Crippen LogP contribution in [0.5, 0.6) is 0 Å². The van der Waals surface area contributed by atoms with E-state index in [1.54, 1.807) is 12.5 Å². The molecule has 5 nitrogen and oxygen atoms in total. The first-order valence-electron chi connectivity index (χ1n) is 4.21. The fourth-order valence-electron chi connectivity index (χ4n) is 1.23. The normalized spacial score (nSPS) is 14.4. The predicted octanol–water partition coefficient (Wildman–Crippen LogP) is 0.971.